The standard InChI is InChI=1S/C22H24FN5O3/c1-4-14-6-17-18(27-21(14)29)5-13(8-25-17)10-28-11-19(12(28)2)31-15-7-16(23)20(26-9-15)22(30)24-3/h5-9,12,17,19H,4,10-11H2,1-3H3,(H,24,30)/t12-,17?,19+/m1/s1. The number of carbonyl (C=O) groups is 2. The third-order valence-corrected chi connectivity index (χ3v) is 5.74. The van der Waals surface area contributed by atoms with Crippen molar-refractivity contribution in [1.29, 1.82) is 0 Å². The zero-order chi connectivity index (χ0) is 22.1. The smallest absolute Gasteiger partial charge is 0.272 e. The van der Waals surface area contributed by atoms with Gasteiger partial charge in [-0.1, -0.05) is 6.92 Å². The van der Waals surface area contributed by atoms with Crippen LogP contribution >= 0.6 is 0 Å². The fourth-order valence-electron chi connectivity index (χ4n) is 3.77. The molecule has 0 aliphatic carbocycles. The molecule has 1 aromatic heterocycles. The minimum absolute atomic E-state index is 0.0928. The lowest BCUT2D eigenvalue weighted by Crippen LogP contribution is -2.61. The van der Waals surface area contributed by atoms with E-state index in [0.29, 0.717) is 30.8 Å². The predicted octanol–water partition coefficient (Wildman–Crippen LogP) is 1.73. The third kappa shape index (κ3) is 4.18. The van der Waals surface area contributed by atoms with Gasteiger partial charge in [-0.3, -0.25) is 19.5 Å². The summed E-state index contributed by atoms with van der Waals surface area (Å²) in [6.45, 7) is 5.26. The Balaban J connectivity index is 1.35. The van der Waals surface area contributed by atoms with E-state index in [1.165, 1.54) is 19.3 Å². The Morgan fingerprint density at radius 2 is 2.23 bits per heavy atom. The molecule has 0 radical (unpaired) electrons. The van der Waals surface area contributed by atoms with E-state index >= 15 is 0 Å². The van der Waals surface area contributed by atoms with Crippen LogP contribution in [0.25, 0.3) is 0 Å². The van der Waals surface area contributed by atoms with Crippen molar-refractivity contribution in [2.75, 3.05) is 20.1 Å². The third-order valence-electron chi connectivity index (χ3n) is 5.74. The van der Waals surface area contributed by atoms with Crippen LogP contribution in [0.15, 0.2) is 45.5 Å². The van der Waals surface area contributed by atoms with Gasteiger partial charge in [-0.2, -0.15) is 0 Å². The lowest BCUT2D eigenvalue weighted by Gasteiger charge is -2.46. The highest BCUT2D eigenvalue weighted by Gasteiger charge is 2.38. The number of aliphatic imine (C=N–C) groups is 2. The molecule has 3 aliphatic rings. The van der Waals surface area contributed by atoms with E-state index in [0.717, 1.165) is 5.57 Å². The van der Waals surface area contributed by atoms with Gasteiger partial charge in [0.1, 0.15) is 17.9 Å². The summed E-state index contributed by atoms with van der Waals surface area (Å²) >= 11 is 0. The van der Waals surface area contributed by atoms with E-state index in [2.05, 4.69) is 25.2 Å². The van der Waals surface area contributed by atoms with Crippen LogP contribution in [0.3, 0.4) is 0 Å². The summed E-state index contributed by atoms with van der Waals surface area (Å²) in [6, 6.07) is 1.09. The van der Waals surface area contributed by atoms with Gasteiger partial charge in [0.05, 0.1) is 11.9 Å². The van der Waals surface area contributed by atoms with Crippen molar-refractivity contribution < 1.29 is 18.7 Å². The van der Waals surface area contributed by atoms with Crippen LogP contribution in [-0.4, -0.2) is 71.9 Å². The molecule has 1 aromatic rings. The molecule has 3 atom stereocenters. The summed E-state index contributed by atoms with van der Waals surface area (Å²) in [5.41, 5.74) is 2.10. The van der Waals surface area contributed by atoms with E-state index < -0.39 is 11.7 Å². The first-order chi connectivity index (χ1) is 14.9. The largest absolute Gasteiger partial charge is 0.486 e. The average molecular weight is 425 g/mol. The molecule has 4 heterocycles. The van der Waals surface area contributed by atoms with Gasteiger partial charge in [0, 0.05) is 44.0 Å². The molecule has 1 fully saturated rings. The SMILES string of the molecule is CCC1=CC2N=CC(CN3C[C@H](Oc4cnc(C(=O)NC)c(F)c4)[C@H]3C)=CC2=NC1=O. The van der Waals surface area contributed by atoms with Crippen molar-refractivity contribution >= 4 is 23.7 Å². The van der Waals surface area contributed by atoms with Gasteiger partial charge >= 0.3 is 0 Å². The molecule has 162 valence electrons. The molecule has 0 bridgehead atoms. The molecule has 0 spiro atoms. The Morgan fingerprint density at radius 3 is 2.90 bits per heavy atom. The molecule has 1 N–H and O–H groups in total. The number of fused-ring (bicyclic) bond motifs is 1. The van der Waals surface area contributed by atoms with Gasteiger partial charge < -0.3 is 10.1 Å². The summed E-state index contributed by atoms with van der Waals surface area (Å²) in [4.78, 5) is 38.4. The van der Waals surface area contributed by atoms with Crippen molar-refractivity contribution in [3.05, 3.63) is 47.1 Å². The Bertz CT molecular complexity index is 1050. The number of dihydropyridines is 2. The zero-order valence-electron chi connectivity index (χ0n) is 17.6. The average Bonchev–Trinajstić information content (AvgIpc) is 2.77. The Hall–Kier alpha value is -3.20. The summed E-state index contributed by atoms with van der Waals surface area (Å²) < 4.78 is 19.9. The van der Waals surface area contributed by atoms with Crippen molar-refractivity contribution in [2.24, 2.45) is 9.98 Å². The number of likely N-dealkylation sites (tertiary alicyclic amines) is 1. The minimum atomic E-state index is -0.720. The molecule has 31 heavy (non-hydrogen) atoms. The van der Waals surface area contributed by atoms with Crippen LogP contribution in [0.5, 0.6) is 5.75 Å². The topological polar surface area (TPSA) is 96.2 Å². The monoisotopic (exact) mass is 425 g/mol. The quantitative estimate of drug-likeness (QED) is 0.749. The molecule has 9 heteroatoms. The number of nitrogens with zero attached hydrogens (tertiary/aromatic N) is 4. The molecule has 0 aromatic carbocycles. The van der Waals surface area contributed by atoms with Crippen LogP contribution in [0, 0.1) is 5.82 Å². The first-order valence-electron chi connectivity index (χ1n) is 10.2. The first kappa shape index (κ1) is 21.0. The zero-order valence-corrected chi connectivity index (χ0v) is 17.6. The Morgan fingerprint density at radius 1 is 1.42 bits per heavy atom. The van der Waals surface area contributed by atoms with Crippen molar-refractivity contribution in [1.82, 2.24) is 15.2 Å². The van der Waals surface area contributed by atoms with E-state index in [4.69, 9.17) is 4.74 Å². The number of halogens is 1. The lowest BCUT2D eigenvalue weighted by atomic mass is 9.96. The fourth-order valence-corrected chi connectivity index (χ4v) is 3.77. The maximum Gasteiger partial charge on any atom is 0.272 e. The number of hydrogen-bond acceptors (Lipinski definition) is 6. The number of hydrogen-bond donors (Lipinski definition) is 1. The van der Waals surface area contributed by atoms with E-state index in [1.807, 2.05) is 32.2 Å². The maximum absolute atomic E-state index is 14.1. The van der Waals surface area contributed by atoms with Crippen LogP contribution in [0.4, 0.5) is 4.39 Å². The molecule has 3 aliphatic heterocycles. The van der Waals surface area contributed by atoms with Gasteiger partial charge in [-0.15, -0.1) is 0 Å². The minimum Gasteiger partial charge on any atom is -0.486 e. The molecular weight excluding hydrogens is 401 g/mol. The number of ether oxygens (including phenoxy) is 1. The molecule has 4 rings (SSSR count). The van der Waals surface area contributed by atoms with Crippen LogP contribution in [0.2, 0.25) is 0 Å². The fraction of sp³-hybridized carbons (Fsp3) is 0.409. The number of rotatable bonds is 6. The van der Waals surface area contributed by atoms with Crippen molar-refractivity contribution in [2.45, 2.75) is 38.5 Å². The Kier molecular flexibility index (Phi) is 5.77. The first-order valence-corrected chi connectivity index (χ1v) is 10.2. The van der Waals surface area contributed by atoms with E-state index in [-0.39, 0.29) is 35.5 Å². The maximum atomic E-state index is 14.1. The van der Waals surface area contributed by atoms with Gasteiger partial charge in [-0.05, 0) is 31.1 Å². The van der Waals surface area contributed by atoms with E-state index in [1.54, 1.807) is 0 Å². The van der Waals surface area contributed by atoms with Gasteiger partial charge in [0.2, 0.25) is 0 Å². The van der Waals surface area contributed by atoms with Crippen molar-refractivity contribution in [3.8, 4) is 5.75 Å². The highest BCUT2D eigenvalue weighted by Crippen LogP contribution is 2.26. The van der Waals surface area contributed by atoms with E-state index in [9.17, 15) is 14.0 Å². The van der Waals surface area contributed by atoms with Gasteiger partial charge in [0.15, 0.2) is 11.5 Å². The molecule has 8 nitrogen and oxygen atoms in total. The number of carbonyl (C=O) groups excluding carboxylic acids is 2. The summed E-state index contributed by atoms with van der Waals surface area (Å²) in [7, 11) is 1.42. The number of nitrogens with one attached hydrogen (secondary N) is 1. The number of pyridine rings is 1. The second-order valence-corrected chi connectivity index (χ2v) is 7.74. The molecule has 1 saturated heterocycles. The molecule has 1 unspecified atom stereocenters. The number of aromatic nitrogens is 1. The highest BCUT2D eigenvalue weighted by atomic mass is 19.1. The molecule has 2 amide bonds. The summed E-state index contributed by atoms with van der Waals surface area (Å²) in [6.07, 6.45) is 7.53. The summed E-state index contributed by atoms with van der Waals surface area (Å²) in [5.74, 6) is -1.20. The molecular formula is C22H24FN5O3. The highest BCUT2D eigenvalue weighted by molar-refractivity contribution is 6.16. The van der Waals surface area contributed by atoms with Crippen LogP contribution in [-0.2, 0) is 4.79 Å². The Labute approximate surface area is 179 Å². The molecule has 0 saturated carbocycles. The predicted molar refractivity (Wildman–Crippen MR) is 114 cm³/mol. The normalized spacial score (nSPS) is 25.1. The second-order valence-electron chi connectivity index (χ2n) is 7.74. The lowest BCUT2D eigenvalue weighted by molar-refractivity contribution is -0.114. The van der Waals surface area contributed by atoms with Crippen LogP contribution in [0.1, 0.15) is 30.8 Å². The summed E-state index contributed by atoms with van der Waals surface area (Å²) in [5, 5.41) is 2.35. The van der Waals surface area contributed by atoms with Gasteiger partial charge in [0.25, 0.3) is 11.8 Å². The number of amides is 2. The van der Waals surface area contributed by atoms with Crippen molar-refractivity contribution in [3.63, 3.8) is 0 Å². The second kappa shape index (κ2) is 8.50. The van der Waals surface area contributed by atoms with Crippen LogP contribution < -0.4 is 10.1 Å². The van der Waals surface area contributed by atoms with Gasteiger partial charge in [-0.25, -0.2) is 14.4 Å².